The summed E-state index contributed by atoms with van der Waals surface area (Å²) in [4.78, 5) is 0. The van der Waals surface area contributed by atoms with Crippen LogP contribution in [0.25, 0.3) is 0 Å². The number of benzene rings is 3. The molecule has 3 rings (SSSR count). The molecule has 0 aromatic heterocycles. The minimum Gasteiger partial charge on any atom is -0.494 e. The number of rotatable bonds is 27. The molecule has 0 aliphatic heterocycles. The third-order valence-electron chi connectivity index (χ3n) is 8.36. The molecule has 46 heavy (non-hydrogen) atoms. The minimum absolute atomic E-state index is 0.0536. The van der Waals surface area contributed by atoms with Gasteiger partial charge in [0.1, 0.15) is 24.7 Å². The molecule has 0 saturated heterocycles. The second-order valence-electron chi connectivity index (χ2n) is 12.5. The highest BCUT2D eigenvalue weighted by Crippen LogP contribution is 2.30. The number of ether oxygens (including phenoxy) is 4. The number of unbranched alkanes of at least 4 members (excludes halogenated alkanes) is 14. The maximum atomic E-state index is 9.69. The van der Waals surface area contributed by atoms with Crippen molar-refractivity contribution in [2.75, 3.05) is 13.2 Å². The van der Waals surface area contributed by atoms with Gasteiger partial charge < -0.3 is 24.1 Å². The summed E-state index contributed by atoms with van der Waals surface area (Å²) in [6.07, 6.45) is 20.7. The van der Waals surface area contributed by atoms with E-state index in [1.54, 1.807) is 0 Å². The zero-order chi connectivity index (χ0) is 32.5. The second kappa shape index (κ2) is 24.1. The molecule has 0 atom stereocenters. The van der Waals surface area contributed by atoms with Gasteiger partial charge in [-0.25, -0.2) is 0 Å². The lowest BCUT2D eigenvalue weighted by Crippen LogP contribution is -2.02. The second-order valence-corrected chi connectivity index (χ2v) is 12.5. The number of aliphatic hydroxyl groups is 1. The highest BCUT2D eigenvalue weighted by Gasteiger charge is 2.09. The molecule has 5 nitrogen and oxygen atoms in total. The topological polar surface area (TPSA) is 57.2 Å². The van der Waals surface area contributed by atoms with E-state index in [2.05, 4.69) is 13.8 Å². The Bertz CT molecular complexity index is 1160. The van der Waals surface area contributed by atoms with Crippen molar-refractivity contribution in [2.45, 2.75) is 136 Å². The molecule has 3 aromatic rings. The van der Waals surface area contributed by atoms with Crippen LogP contribution in [0.3, 0.4) is 0 Å². The van der Waals surface area contributed by atoms with E-state index >= 15 is 0 Å². The molecular formula is C41H60O5. The van der Waals surface area contributed by atoms with Crippen LogP contribution in [0.5, 0.6) is 23.0 Å². The standard InChI is InChI=1S/C41H60O5/c1-3-5-7-9-11-13-15-17-29-43-38-24-19-35(20-25-38)33-45-40-28-23-37(32-42)31-41(40)46-34-36-21-26-39(27-22-36)44-30-18-16-14-12-10-8-6-4-2/h19-28,31,42H,3-18,29-30,32-34H2,1-2H3. The molecule has 0 aliphatic rings. The molecule has 3 aromatic carbocycles. The largest absolute Gasteiger partial charge is 0.494 e. The molecule has 0 fully saturated rings. The van der Waals surface area contributed by atoms with Gasteiger partial charge in [0.2, 0.25) is 0 Å². The molecule has 254 valence electrons. The van der Waals surface area contributed by atoms with Crippen LogP contribution in [0.2, 0.25) is 0 Å². The Balaban J connectivity index is 1.37. The Morgan fingerprint density at radius 3 is 1.24 bits per heavy atom. The summed E-state index contributed by atoms with van der Waals surface area (Å²) in [5, 5.41) is 9.69. The van der Waals surface area contributed by atoms with Gasteiger partial charge in [-0.3, -0.25) is 0 Å². The van der Waals surface area contributed by atoms with Crippen molar-refractivity contribution >= 4 is 0 Å². The summed E-state index contributed by atoms with van der Waals surface area (Å²) < 4.78 is 24.2. The fourth-order valence-electron chi connectivity index (χ4n) is 5.42. The lowest BCUT2D eigenvalue weighted by atomic mass is 10.1. The molecule has 0 amide bonds. The van der Waals surface area contributed by atoms with E-state index in [0.29, 0.717) is 24.7 Å². The Hall–Kier alpha value is -3.18. The maximum absolute atomic E-state index is 9.69. The highest BCUT2D eigenvalue weighted by atomic mass is 16.5. The van der Waals surface area contributed by atoms with E-state index in [0.717, 1.165) is 54.2 Å². The van der Waals surface area contributed by atoms with Crippen molar-refractivity contribution in [1.29, 1.82) is 0 Å². The van der Waals surface area contributed by atoms with Crippen LogP contribution in [-0.4, -0.2) is 18.3 Å². The smallest absolute Gasteiger partial charge is 0.162 e. The molecule has 0 bridgehead atoms. The number of hydrogen-bond acceptors (Lipinski definition) is 5. The fraction of sp³-hybridized carbons (Fsp3) is 0.561. The van der Waals surface area contributed by atoms with Crippen molar-refractivity contribution in [2.24, 2.45) is 0 Å². The van der Waals surface area contributed by atoms with Crippen LogP contribution in [0, 0.1) is 0 Å². The van der Waals surface area contributed by atoms with Gasteiger partial charge in [0, 0.05) is 0 Å². The average molecular weight is 633 g/mol. The quantitative estimate of drug-likeness (QED) is 0.0847. The Labute approximate surface area is 279 Å². The van der Waals surface area contributed by atoms with E-state index < -0.39 is 0 Å². The van der Waals surface area contributed by atoms with E-state index in [1.165, 1.54) is 89.9 Å². The van der Waals surface area contributed by atoms with E-state index in [4.69, 9.17) is 18.9 Å². The van der Waals surface area contributed by atoms with E-state index in [1.807, 2.05) is 66.7 Å². The molecule has 0 radical (unpaired) electrons. The van der Waals surface area contributed by atoms with Crippen molar-refractivity contribution in [3.8, 4) is 23.0 Å². The summed E-state index contributed by atoms with van der Waals surface area (Å²) in [6.45, 7) is 6.80. The monoisotopic (exact) mass is 632 g/mol. The van der Waals surface area contributed by atoms with E-state index in [-0.39, 0.29) is 6.61 Å². The summed E-state index contributed by atoms with van der Waals surface area (Å²) >= 11 is 0. The van der Waals surface area contributed by atoms with Gasteiger partial charge in [-0.2, -0.15) is 0 Å². The van der Waals surface area contributed by atoms with Crippen LogP contribution >= 0.6 is 0 Å². The summed E-state index contributed by atoms with van der Waals surface area (Å²) in [6, 6.07) is 21.8. The van der Waals surface area contributed by atoms with Crippen molar-refractivity contribution in [3.05, 3.63) is 83.4 Å². The van der Waals surface area contributed by atoms with Gasteiger partial charge in [-0.15, -0.1) is 0 Å². The van der Waals surface area contributed by atoms with Crippen LogP contribution in [0.4, 0.5) is 0 Å². The molecule has 0 saturated carbocycles. The van der Waals surface area contributed by atoms with Gasteiger partial charge in [0.25, 0.3) is 0 Å². The van der Waals surface area contributed by atoms with Crippen molar-refractivity contribution < 1.29 is 24.1 Å². The number of aliphatic hydroxyl groups excluding tert-OH is 1. The first-order valence-electron chi connectivity index (χ1n) is 18.1. The van der Waals surface area contributed by atoms with Crippen molar-refractivity contribution in [3.63, 3.8) is 0 Å². The van der Waals surface area contributed by atoms with E-state index in [9.17, 15) is 5.11 Å². The summed E-state index contributed by atoms with van der Waals surface area (Å²) in [5.41, 5.74) is 2.88. The molecular weight excluding hydrogens is 572 g/mol. The normalized spacial score (nSPS) is 11.0. The van der Waals surface area contributed by atoms with Crippen LogP contribution in [0.15, 0.2) is 66.7 Å². The first-order chi connectivity index (χ1) is 22.7. The molecule has 1 N–H and O–H groups in total. The maximum Gasteiger partial charge on any atom is 0.162 e. The fourth-order valence-corrected chi connectivity index (χ4v) is 5.42. The Kier molecular flexibility index (Phi) is 19.5. The van der Waals surface area contributed by atoms with Gasteiger partial charge in [0.15, 0.2) is 11.5 Å². The lowest BCUT2D eigenvalue weighted by Gasteiger charge is -2.15. The van der Waals surface area contributed by atoms with Crippen LogP contribution in [0.1, 0.15) is 133 Å². The van der Waals surface area contributed by atoms with Crippen molar-refractivity contribution in [1.82, 2.24) is 0 Å². The zero-order valence-corrected chi connectivity index (χ0v) is 28.8. The molecule has 0 aliphatic carbocycles. The first kappa shape index (κ1) is 37.3. The predicted octanol–water partition coefficient (Wildman–Crippen LogP) is 11.4. The molecule has 0 unspecified atom stereocenters. The van der Waals surface area contributed by atoms with Gasteiger partial charge in [0.05, 0.1) is 19.8 Å². The minimum atomic E-state index is -0.0536. The third-order valence-corrected chi connectivity index (χ3v) is 8.36. The highest BCUT2D eigenvalue weighted by molar-refractivity contribution is 5.43. The summed E-state index contributed by atoms with van der Waals surface area (Å²) in [7, 11) is 0. The van der Waals surface area contributed by atoms with Crippen LogP contribution in [-0.2, 0) is 19.8 Å². The molecule has 5 heteroatoms. The first-order valence-corrected chi connectivity index (χ1v) is 18.1. The SMILES string of the molecule is CCCCCCCCCCOc1ccc(COc2ccc(CO)cc2OCc2ccc(OCCCCCCCCCC)cc2)cc1. The van der Waals surface area contributed by atoms with Gasteiger partial charge >= 0.3 is 0 Å². The summed E-state index contributed by atoms with van der Waals surface area (Å²) in [5.74, 6) is 3.06. The predicted molar refractivity (Wildman–Crippen MR) is 190 cm³/mol. The lowest BCUT2D eigenvalue weighted by molar-refractivity contribution is 0.252. The van der Waals surface area contributed by atoms with Gasteiger partial charge in [-0.1, -0.05) is 134 Å². The zero-order valence-electron chi connectivity index (χ0n) is 28.8. The van der Waals surface area contributed by atoms with Gasteiger partial charge in [-0.05, 0) is 65.9 Å². The Morgan fingerprint density at radius 1 is 0.413 bits per heavy atom. The third kappa shape index (κ3) is 15.9. The molecule has 0 heterocycles. The Morgan fingerprint density at radius 2 is 0.804 bits per heavy atom. The number of hydrogen-bond donors (Lipinski definition) is 1. The van der Waals surface area contributed by atoms with Crippen LogP contribution < -0.4 is 18.9 Å². The average Bonchev–Trinajstić information content (AvgIpc) is 3.09. The molecule has 0 spiro atoms.